The Morgan fingerprint density at radius 2 is 1.26 bits per heavy atom. The summed E-state index contributed by atoms with van der Waals surface area (Å²) in [6.07, 6.45) is 11.9. The molecule has 0 bridgehead atoms. The molecule has 0 N–H and O–H groups in total. The van der Waals surface area contributed by atoms with Gasteiger partial charge in [0, 0.05) is 25.5 Å². The first kappa shape index (κ1) is 21.4. The van der Waals surface area contributed by atoms with E-state index >= 15 is 0 Å². The Morgan fingerprint density at radius 3 is 1.57 bits per heavy atom. The van der Waals surface area contributed by atoms with Gasteiger partial charge >= 0.3 is 17.1 Å². The molecule has 0 atom stereocenters. The predicted molar refractivity (Wildman–Crippen MR) is 94.3 cm³/mol. The summed E-state index contributed by atoms with van der Waals surface area (Å²) in [6.45, 7) is 6.17. The smallest absolute Gasteiger partial charge is 0.663 e. The fourth-order valence-corrected chi connectivity index (χ4v) is 1.60. The van der Waals surface area contributed by atoms with Gasteiger partial charge in [0.1, 0.15) is 0 Å². The molecule has 23 heavy (non-hydrogen) atoms. The number of aliphatic imine (C=N–C) groups is 2. The first-order chi connectivity index (χ1) is 10.9. The number of hydrogen-bond donors (Lipinski definition) is 0. The van der Waals surface area contributed by atoms with Crippen LogP contribution in [-0.2, 0) is 17.1 Å². The van der Waals surface area contributed by atoms with Crippen molar-refractivity contribution in [1.29, 1.82) is 0 Å². The van der Waals surface area contributed by atoms with Gasteiger partial charge in [-0.1, -0.05) is 51.0 Å². The average Bonchev–Trinajstić information content (AvgIpc) is 3.22. The fourth-order valence-electron chi connectivity index (χ4n) is 1.60. The van der Waals surface area contributed by atoms with E-state index in [4.69, 9.17) is 0 Å². The summed E-state index contributed by atoms with van der Waals surface area (Å²) < 4.78 is 0. The number of aromatic nitrogens is 2. The molecule has 0 fully saturated rings. The van der Waals surface area contributed by atoms with Gasteiger partial charge in [0.05, 0.1) is 0 Å². The molecule has 2 aromatic rings. The van der Waals surface area contributed by atoms with Crippen LogP contribution in [0.5, 0.6) is 0 Å². The van der Waals surface area contributed by atoms with Gasteiger partial charge in [0.2, 0.25) is 0 Å². The molecule has 0 spiro atoms. The number of unbranched alkanes of at least 4 members (excludes halogenated alkanes) is 2. The SMILES string of the molecule is CCCCN=Cc1ccc[n-]1.CCCCN=Cc1ccc[n-]1.[Mn+2]. The summed E-state index contributed by atoms with van der Waals surface area (Å²) in [5, 5.41) is 0. The van der Waals surface area contributed by atoms with E-state index in [9.17, 15) is 0 Å². The van der Waals surface area contributed by atoms with Crippen LogP contribution in [0.25, 0.3) is 0 Å². The van der Waals surface area contributed by atoms with E-state index in [1.54, 1.807) is 12.4 Å². The molecule has 2 rings (SSSR count). The van der Waals surface area contributed by atoms with E-state index in [1.165, 1.54) is 12.8 Å². The second kappa shape index (κ2) is 15.3. The van der Waals surface area contributed by atoms with Crippen LogP contribution >= 0.6 is 0 Å². The van der Waals surface area contributed by atoms with E-state index in [0.717, 1.165) is 37.3 Å². The zero-order chi connectivity index (χ0) is 15.9. The van der Waals surface area contributed by atoms with Gasteiger partial charge < -0.3 is 9.97 Å². The monoisotopic (exact) mass is 353 g/mol. The quantitative estimate of drug-likeness (QED) is 0.413. The summed E-state index contributed by atoms with van der Waals surface area (Å²) in [4.78, 5) is 16.6. The second-order valence-electron chi connectivity index (χ2n) is 4.90. The minimum atomic E-state index is 0. The number of hydrogen-bond acceptors (Lipinski definition) is 2. The van der Waals surface area contributed by atoms with Crippen LogP contribution in [0.2, 0.25) is 0 Å². The Morgan fingerprint density at radius 1 is 0.826 bits per heavy atom. The maximum Gasteiger partial charge on any atom is 2.00 e. The molecule has 125 valence electrons. The molecule has 2 aromatic heterocycles. The molecule has 5 heteroatoms. The molecule has 1 radical (unpaired) electrons. The normalized spacial score (nSPS) is 10.5. The van der Waals surface area contributed by atoms with E-state index in [-0.39, 0.29) is 17.1 Å². The maximum absolute atomic E-state index is 4.22. The Balaban J connectivity index is 0.000000403. The topological polar surface area (TPSA) is 52.9 Å². The van der Waals surface area contributed by atoms with Crippen LogP contribution in [0.4, 0.5) is 0 Å². The molecule has 0 amide bonds. The predicted octanol–water partition coefficient (Wildman–Crippen LogP) is 3.72. The summed E-state index contributed by atoms with van der Waals surface area (Å²) >= 11 is 0. The first-order valence-electron chi connectivity index (χ1n) is 8.01. The largest absolute Gasteiger partial charge is 2.00 e. The van der Waals surface area contributed by atoms with Crippen molar-refractivity contribution in [2.24, 2.45) is 9.98 Å². The van der Waals surface area contributed by atoms with Gasteiger partial charge in [-0.3, -0.25) is 9.98 Å². The van der Waals surface area contributed by atoms with E-state index in [0.29, 0.717) is 0 Å². The van der Waals surface area contributed by atoms with Crippen LogP contribution < -0.4 is 9.97 Å². The van der Waals surface area contributed by atoms with Crippen LogP contribution in [0.3, 0.4) is 0 Å². The van der Waals surface area contributed by atoms with E-state index in [1.807, 2.05) is 36.7 Å². The Labute approximate surface area is 150 Å². The second-order valence-corrected chi connectivity index (χ2v) is 4.90. The molecule has 4 nitrogen and oxygen atoms in total. The molecule has 0 aliphatic heterocycles. The van der Waals surface area contributed by atoms with Gasteiger partial charge in [0.15, 0.2) is 0 Å². The van der Waals surface area contributed by atoms with Crippen molar-refractivity contribution >= 4 is 12.4 Å². The van der Waals surface area contributed by atoms with Crippen molar-refractivity contribution in [3.63, 3.8) is 0 Å². The first-order valence-corrected chi connectivity index (χ1v) is 8.01. The third-order valence-corrected chi connectivity index (χ3v) is 2.88. The van der Waals surface area contributed by atoms with Gasteiger partial charge in [-0.05, 0) is 12.8 Å². The maximum atomic E-state index is 4.22. The molecule has 0 unspecified atom stereocenters. The molecule has 0 aliphatic rings. The third kappa shape index (κ3) is 11.6. The summed E-state index contributed by atoms with van der Waals surface area (Å²) in [5.41, 5.74) is 1.92. The van der Waals surface area contributed by atoms with Gasteiger partial charge in [-0.15, -0.1) is 11.4 Å². The van der Waals surface area contributed by atoms with E-state index in [2.05, 4.69) is 33.8 Å². The molecule has 0 aromatic carbocycles. The van der Waals surface area contributed by atoms with E-state index < -0.39 is 0 Å². The molecule has 0 saturated heterocycles. The minimum absolute atomic E-state index is 0. The van der Waals surface area contributed by atoms with Gasteiger partial charge in [-0.2, -0.15) is 12.4 Å². The molecular weight excluding hydrogens is 327 g/mol. The number of rotatable bonds is 8. The summed E-state index contributed by atoms with van der Waals surface area (Å²) in [7, 11) is 0. The molecule has 0 saturated carbocycles. The van der Waals surface area contributed by atoms with Gasteiger partial charge in [0.25, 0.3) is 0 Å². The Bertz CT molecular complexity index is 453. The molecule has 0 aliphatic carbocycles. The van der Waals surface area contributed by atoms with Crippen molar-refractivity contribution < 1.29 is 17.1 Å². The summed E-state index contributed by atoms with van der Waals surface area (Å²) in [5.74, 6) is 0. The zero-order valence-corrected chi connectivity index (χ0v) is 15.2. The van der Waals surface area contributed by atoms with Gasteiger partial charge in [-0.25, -0.2) is 0 Å². The number of nitrogens with zero attached hydrogens (tertiary/aromatic N) is 4. The zero-order valence-electron chi connectivity index (χ0n) is 14.0. The van der Waals surface area contributed by atoms with Crippen molar-refractivity contribution in [3.05, 3.63) is 48.0 Å². The van der Waals surface area contributed by atoms with Crippen LogP contribution in [0.15, 0.2) is 46.6 Å². The van der Waals surface area contributed by atoms with Crippen molar-refractivity contribution in [2.45, 2.75) is 39.5 Å². The Hall–Kier alpha value is -1.58. The van der Waals surface area contributed by atoms with Crippen LogP contribution in [0.1, 0.15) is 50.9 Å². The molecular formula is C18H26MnN4. The fraction of sp³-hybridized carbons (Fsp3) is 0.444. The average molecular weight is 353 g/mol. The Kier molecular flexibility index (Phi) is 14.3. The van der Waals surface area contributed by atoms with Crippen molar-refractivity contribution in [1.82, 2.24) is 9.97 Å². The van der Waals surface area contributed by atoms with Crippen LogP contribution in [0, 0.1) is 0 Å². The standard InChI is InChI=1S/2C9H13N2.Mn/c2*1-2-3-6-10-8-9-5-4-7-11-9;/h2*4-5,7-8H,2-3,6H2,1H3;/q2*-1;+2. The molecule has 2 heterocycles. The third-order valence-electron chi connectivity index (χ3n) is 2.88. The van der Waals surface area contributed by atoms with Crippen LogP contribution in [-0.4, -0.2) is 25.5 Å². The van der Waals surface area contributed by atoms with Crippen molar-refractivity contribution in [3.8, 4) is 0 Å². The minimum Gasteiger partial charge on any atom is -0.663 e. The summed E-state index contributed by atoms with van der Waals surface area (Å²) in [6, 6.07) is 7.74. The van der Waals surface area contributed by atoms with Crippen molar-refractivity contribution in [2.75, 3.05) is 13.1 Å².